The van der Waals surface area contributed by atoms with Crippen molar-refractivity contribution < 1.29 is 4.79 Å². The van der Waals surface area contributed by atoms with E-state index in [1.54, 1.807) is 30.1 Å². The van der Waals surface area contributed by atoms with E-state index >= 15 is 0 Å². The van der Waals surface area contributed by atoms with Crippen molar-refractivity contribution in [2.75, 3.05) is 16.8 Å². The number of nitrogens with two attached hydrogens (primary N) is 1. The van der Waals surface area contributed by atoms with Crippen LogP contribution in [0.3, 0.4) is 0 Å². The Morgan fingerprint density at radius 2 is 2.20 bits per heavy atom. The normalized spacial score (nSPS) is 10.2. The summed E-state index contributed by atoms with van der Waals surface area (Å²) in [7, 11) is 0. The minimum absolute atomic E-state index is 0.0276. The van der Waals surface area contributed by atoms with E-state index in [2.05, 4.69) is 26.2 Å². The molecule has 0 aliphatic rings. The van der Waals surface area contributed by atoms with Gasteiger partial charge in [-0.3, -0.25) is 4.79 Å². The maximum absolute atomic E-state index is 11.8. The lowest BCUT2D eigenvalue weighted by Gasteiger charge is -2.05. The van der Waals surface area contributed by atoms with E-state index in [1.807, 2.05) is 24.3 Å². The fraction of sp³-hybridized carbons (Fsp3) is 0.143. The Morgan fingerprint density at radius 3 is 2.90 bits per heavy atom. The van der Waals surface area contributed by atoms with Gasteiger partial charge in [0.2, 0.25) is 5.91 Å². The number of pyridine rings is 1. The van der Waals surface area contributed by atoms with Crippen molar-refractivity contribution in [1.29, 1.82) is 0 Å². The molecule has 2 aromatic rings. The van der Waals surface area contributed by atoms with Gasteiger partial charge in [0.1, 0.15) is 0 Å². The number of carbonyl (C=O) groups is 1. The minimum atomic E-state index is -0.0276. The van der Waals surface area contributed by atoms with E-state index in [9.17, 15) is 4.79 Å². The number of anilines is 2. The molecule has 3 N–H and O–H groups in total. The molecule has 2 rings (SSSR count). The predicted octanol–water partition coefficient (Wildman–Crippen LogP) is 3.55. The van der Waals surface area contributed by atoms with Crippen LogP contribution in [0.5, 0.6) is 0 Å². The first-order valence-corrected chi connectivity index (χ1v) is 7.81. The van der Waals surface area contributed by atoms with Crippen LogP contribution in [0.4, 0.5) is 11.4 Å². The van der Waals surface area contributed by atoms with Crippen LogP contribution in [0.1, 0.15) is 6.42 Å². The second-order valence-corrected chi connectivity index (χ2v) is 6.12. The average molecular weight is 352 g/mol. The second-order valence-electron chi connectivity index (χ2n) is 4.09. The molecule has 0 radical (unpaired) electrons. The van der Waals surface area contributed by atoms with Crippen molar-refractivity contribution in [3.8, 4) is 0 Å². The van der Waals surface area contributed by atoms with Crippen LogP contribution < -0.4 is 11.1 Å². The quantitative estimate of drug-likeness (QED) is 0.638. The number of hydrogen-bond donors (Lipinski definition) is 2. The summed E-state index contributed by atoms with van der Waals surface area (Å²) in [5.74, 6) is 0.656. The maximum atomic E-state index is 11.8. The number of nitrogen functional groups attached to an aromatic ring is 1. The molecule has 0 aliphatic carbocycles. The molecule has 0 bridgehead atoms. The van der Waals surface area contributed by atoms with Crippen LogP contribution >= 0.6 is 27.7 Å². The predicted molar refractivity (Wildman–Crippen MR) is 86.8 cm³/mol. The summed E-state index contributed by atoms with van der Waals surface area (Å²) in [6.45, 7) is 0. The lowest BCUT2D eigenvalue weighted by Crippen LogP contribution is -2.12. The van der Waals surface area contributed by atoms with Crippen LogP contribution in [-0.4, -0.2) is 16.6 Å². The van der Waals surface area contributed by atoms with Gasteiger partial charge in [0, 0.05) is 34.2 Å². The standard InChI is InChI=1S/C14H14BrN3OS/c15-10-4-5-14(17-9-10)20-7-6-13(19)18-12-3-1-2-11(16)8-12/h1-5,8-9H,6-7,16H2,(H,18,19). The fourth-order valence-corrected chi connectivity index (χ4v) is 2.56. The Kier molecular flexibility index (Phi) is 5.43. The van der Waals surface area contributed by atoms with Crippen LogP contribution in [0.25, 0.3) is 0 Å². The Labute approximate surface area is 130 Å². The zero-order valence-corrected chi connectivity index (χ0v) is 13.1. The molecule has 0 saturated heterocycles. The van der Waals surface area contributed by atoms with E-state index in [-0.39, 0.29) is 5.91 Å². The summed E-state index contributed by atoms with van der Waals surface area (Å²) in [6.07, 6.45) is 2.17. The lowest BCUT2D eigenvalue weighted by atomic mass is 10.3. The number of nitrogens with one attached hydrogen (secondary N) is 1. The van der Waals surface area contributed by atoms with Gasteiger partial charge in [-0.15, -0.1) is 11.8 Å². The molecule has 1 amide bonds. The van der Waals surface area contributed by atoms with Crippen molar-refractivity contribution in [2.24, 2.45) is 0 Å². The number of benzene rings is 1. The van der Waals surface area contributed by atoms with E-state index in [1.165, 1.54) is 0 Å². The molecule has 6 heteroatoms. The van der Waals surface area contributed by atoms with Gasteiger partial charge in [-0.1, -0.05) is 6.07 Å². The van der Waals surface area contributed by atoms with Crippen molar-refractivity contribution in [3.05, 3.63) is 47.1 Å². The third-order valence-electron chi connectivity index (χ3n) is 2.45. The Morgan fingerprint density at radius 1 is 1.35 bits per heavy atom. The van der Waals surface area contributed by atoms with Gasteiger partial charge in [0.05, 0.1) is 5.03 Å². The summed E-state index contributed by atoms with van der Waals surface area (Å²) >= 11 is 4.89. The van der Waals surface area contributed by atoms with Crippen LogP contribution in [-0.2, 0) is 4.79 Å². The second kappa shape index (κ2) is 7.31. The molecule has 1 heterocycles. The number of thioether (sulfide) groups is 1. The van der Waals surface area contributed by atoms with Gasteiger partial charge < -0.3 is 11.1 Å². The highest BCUT2D eigenvalue weighted by molar-refractivity contribution is 9.10. The molecular formula is C14H14BrN3OS. The van der Waals surface area contributed by atoms with Gasteiger partial charge >= 0.3 is 0 Å². The monoisotopic (exact) mass is 351 g/mol. The number of carbonyl (C=O) groups excluding carboxylic acids is 1. The number of amides is 1. The molecule has 0 unspecified atom stereocenters. The van der Waals surface area contributed by atoms with Crippen molar-refractivity contribution >= 4 is 45.0 Å². The third-order valence-corrected chi connectivity index (χ3v) is 3.86. The molecule has 0 atom stereocenters. The van der Waals surface area contributed by atoms with E-state index < -0.39 is 0 Å². The van der Waals surface area contributed by atoms with E-state index in [0.717, 1.165) is 15.2 Å². The molecule has 0 saturated carbocycles. The molecule has 0 aliphatic heterocycles. The van der Waals surface area contributed by atoms with Crippen molar-refractivity contribution in [3.63, 3.8) is 0 Å². The summed E-state index contributed by atoms with van der Waals surface area (Å²) < 4.78 is 0.946. The van der Waals surface area contributed by atoms with Gasteiger partial charge in [0.15, 0.2) is 0 Å². The first-order chi connectivity index (χ1) is 9.63. The SMILES string of the molecule is Nc1cccc(NC(=O)CCSc2ccc(Br)cn2)c1. The lowest BCUT2D eigenvalue weighted by molar-refractivity contribution is -0.115. The topological polar surface area (TPSA) is 68.0 Å². The molecule has 0 fully saturated rings. The maximum Gasteiger partial charge on any atom is 0.225 e. The summed E-state index contributed by atoms with van der Waals surface area (Å²) in [4.78, 5) is 16.0. The van der Waals surface area contributed by atoms with Gasteiger partial charge in [-0.25, -0.2) is 4.98 Å². The molecule has 1 aromatic heterocycles. The Balaban J connectivity index is 1.76. The first kappa shape index (κ1) is 14.9. The van der Waals surface area contributed by atoms with Gasteiger partial charge in [-0.05, 0) is 46.3 Å². The number of rotatable bonds is 5. The zero-order chi connectivity index (χ0) is 14.4. The van der Waals surface area contributed by atoms with E-state index in [4.69, 9.17) is 5.73 Å². The molecule has 4 nitrogen and oxygen atoms in total. The fourth-order valence-electron chi connectivity index (χ4n) is 1.54. The summed E-state index contributed by atoms with van der Waals surface area (Å²) in [6, 6.07) is 11.0. The van der Waals surface area contributed by atoms with Crippen molar-refractivity contribution in [1.82, 2.24) is 4.98 Å². The molecular weight excluding hydrogens is 338 g/mol. The first-order valence-electron chi connectivity index (χ1n) is 6.03. The smallest absolute Gasteiger partial charge is 0.225 e. The molecule has 104 valence electrons. The Bertz CT molecular complexity index is 589. The average Bonchev–Trinajstić information content (AvgIpc) is 2.41. The summed E-state index contributed by atoms with van der Waals surface area (Å²) in [5, 5.41) is 3.73. The summed E-state index contributed by atoms with van der Waals surface area (Å²) in [5.41, 5.74) is 7.01. The molecule has 0 spiro atoms. The van der Waals surface area contributed by atoms with Crippen molar-refractivity contribution in [2.45, 2.75) is 11.4 Å². The highest BCUT2D eigenvalue weighted by Gasteiger charge is 2.04. The third kappa shape index (κ3) is 4.86. The van der Waals surface area contributed by atoms with Gasteiger partial charge in [-0.2, -0.15) is 0 Å². The van der Waals surface area contributed by atoms with Crippen LogP contribution in [0.2, 0.25) is 0 Å². The Hall–Kier alpha value is -1.53. The molecule has 1 aromatic carbocycles. The van der Waals surface area contributed by atoms with Crippen LogP contribution in [0.15, 0.2) is 52.1 Å². The largest absolute Gasteiger partial charge is 0.399 e. The highest BCUT2D eigenvalue weighted by atomic mass is 79.9. The number of aromatic nitrogens is 1. The number of hydrogen-bond acceptors (Lipinski definition) is 4. The number of nitrogens with zero attached hydrogens (tertiary/aromatic N) is 1. The molecule has 20 heavy (non-hydrogen) atoms. The highest BCUT2D eigenvalue weighted by Crippen LogP contribution is 2.18. The zero-order valence-electron chi connectivity index (χ0n) is 10.7. The van der Waals surface area contributed by atoms with Gasteiger partial charge in [0.25, 0.3) is 0 Å². The van der Waals surface area contributed by atoms with E-state index in [0.29, 0.717) is 17.9 Å². The van der Waals surface area contributed by atoms with Crippen LogP contribution in [0, 0.1) is 0 Å². The number of halogens is 1. The minimum Gasteiger partial charge on any atom is -0.399 e.